The average Bonchev–Trinajstić information content (AvgIpc) is 3.21. The summed E-state index contributed by atoms with van der Waals surface area (Å²) >= 11 is 3.82. The molecule has 2 aromatic rings. The van der Waals surface area contributed by atoms with E-state index in [4.69, 9.17) is 4.42 Å². The first-order valence-electron chi connectivity index (χ1n) is 7.04. The fraction of sp³-hybridized carbons (Fsp3) is 0.400. The van der Waals surface area contributed by atoms with Gasteiger partial charge >= 0.3 is 0 Å². The first-order chi connectivity index (χ1) is 10.2. The summed E-state index contributed by atoms with van der Waals surface area (Å²) in [5.74, 6) is 0.919. The largest absolute Gasteiger partial charge is 0.468 e. The average molecular weight is 416 g/mol. The molecule has 0 aliphatic carbocycles. The highest BCUT2D eigenvalue weighted by molar-refractivity contribution is 14.1. The van der Waals surface area contributed by atoms with Crippen molar-refractivity contribution in [2.75, 3.05) is 19.6 Å². The highest BCUT2D eigenvalue weighted by Crippen LogP contribution is 2.25. The molecule has 0 radical (unpaired) electrons. The minimum absolute atomic E-state index is 0.00933. The third-order valence-corrected chi connectivity index (χ3v) is 5.53. The van der Waals surface area contributed by atoms with Crippen LogP contribution in [0.15, 0.2) is 34.3 Å². The first kappa shape index (κ1) is 15.1. The molecule has 3 heterocycles. The summed E-state index contributed by atoms with van der Waals surface area (Å²) in [6.45, 7) is 2.72. The number of furan rings is 1. The fourth-order valence-electron chi connectivity index (χ4n) is 2.66. The van der Waals surface area contributed by atoms with Crippen LogP contribution in [0.3, 0.4) is 0 Å². The summed E-state index contributed by atoms with van der Waals surface area (Å²) in [5, 5.41) is 4.94. The Morgan fingerprint density at radius 2 is 2.29 bits per heavy atom. The van der Waals surface area contributed by atoms with Crippen molar-refractivity contribution in [1.29, 1.82) is 0 Å². The van der Waals surface area contributed by atoms with Crippen molar-refractivity contribution >= 4 is 39.8 Å². The number of carbonyl (C=O) groups excluding carboxylic acids is 1. The molecule has 0 bridgehead atoms. The number of halogens is 1. The van der Waals surface area contributed by atoms with Crippen LogP contribution >= 0.6 is 33.9 Å². The Morgan fingerprint density at radius 3 is 2.90 bits per heavy atom. The Morgan fingerprint density at radius 1 is 1.48 bits per heavy atom. The number of thiophene rings is 1. The number of amides is 1. The number of carbonyl (C=O) groups is 1. The summed E-state index contributed by atoms with van der Waals surface area (Å²) in [7, 11) is 0. The predicted molar refractivity (Wildman–Crippen MR) is 91.6 cm³/mol. The Hall–Kier alpha value is -0.860. The van der Waals surface area contributed by atoms with Gasteiger partial charge in [-0.2, -0.15) is 0 Å². The van der Waals surface area contributed by atoms with E-state index in [-0.39, 0.29) is 11.9 Å². The molecule has 6 heteroatoms. The summed E-state index contributed by atoms with van der Waals surface area (Å²) in [6.07, 6.45) is 4.13. The Balaban J connectivity index is 1.66. The maximum absolute atomic E-state index is 12.2. The van der Waals surface area contributed by atoms with Crippen LogP contribution < -0.4 is 5.32 Å². The third-order valence-electron chi connectivity index (χ3n) is 3.74. The van der Waals surface area contributed by atoms with Crippen LogP contribution in [0.4, 0.5) is 0 Å². The fourth-order valence-corrected chi connectivity index (χ4v) is 3.99. The molecule has 2 aromatic heterocycles. The molecule has 4 nitrogen and oxygen atoms in total. The topological polar surface area (TPSA) is 45.5 Å². The van der Waals surface area contributed by atoms with E-state index in [0.717, 1.165) is 27.3 Å². The zero-order valence-corrected chi connectivity index (χ0v) is 14.5. The number of rotatable bonds is 5. The molecule has 1 aliphatic rings. The van der Waals surface area contributed by atoms with Crippen molar-refractivity contribution in [3.8, 4) is 0 Å². The van der Waals surface area contributed by atoms with Gasteiger partial charge in [-0.05, 0) is 66.7 Å². The second kappa shape index (κ2) is 6.93. The smallest absolute Gasteiger partial charge is 0.252 e. The molecule has 1 N–H and O–H groups in total. The maximum Gasteiger partial charge on any atom is 0.252 e. The molecule has 1 unspecified atom stereocenters. The van der Waals surface area contributed by atoms with Crippen LogP contribution in [-0.4, -0.2) is 30.4 Å². The monoisotopic (exact) mass is 416 g/mol. The summed E-state index contributed by atoms with van der Waals surface area (Å²) in [5.41, 5.74) is 0.740. The van der Waals surface area contributed by atoms with E-state index < -0.39 is 0 Å². The van der Waals surface area contributed by atoms with Crippen LogP contribution in [0, 0.1) is 2.88 Å². The number of nitrogens with one attached hydrogen (secondary N) is 1. The van der Waals surface area contributed by atoms with E-state index in [1.165, 1.54) is 12.8 Å². The second-order valence-electron chi connectivity index (χ2n) is 5.12. The number of likely N-dealkylation sites (tertiary alicyclic amines) is 1. The summed E-state index contributed by atoms with van der Waals surface area (Å²) < 4.78 is 6.68. The minimum Gasteiger partial charge on any atom is -0.468 e. The lowest BCUT2D eigenvalue weighted by molar-refractivity contribution is 0.0934. The molecule has 1 aliphatic heterocycles. The van der Waals surface area contributed by atoms with Crippen LogP contribution in [-0.2, 0) is 0 Å². The lowest BCUT2D eigenvalue weighted by Crippen LogP contribution is -2.36. The van der Waals surface area contributed by atoms with Gasteiger partial charge in [0.15, 0.2) is 0 Å². The summed E-state index contributed by atoms with van der Waals surface area (Å²) in [6, 6.07) is 5.94. The van der Waals surface area contributed by atoms with Crippen molar-refractivity contribution in [1.82, 2.24) is 10.2 Å². The van der Waals surface area contributed by atoms with Gasteiger partial charge in [0.2, 0.25) is 0 Å². The van der Waals surface area contributed by atoms with E-state index in [1.807, 2.05) is 23.6 Å². The molecule has 1 atom stereocenters. The first-order valence-corrected chi connectivity index (χ1v) is 8.99. The Bertz CT molecular complexity index is 591. The Labute approximate surface area is 141 Å². The molecule has 3 rings (SSSR count). The third kappa shape index (κ3) is 3.67. The van der Waals surface area contributed by atoms with Gasteiger partial charge in [0.25, 0.3) is 5.91 Å². The zero-order chi connectivity index (χ0) is 14.7. The van der Waals surface area contributed by atoms with Crippen molar-refractivity contribution in [3.63, 3.8) is 0 Å². The molecule has 1 amide bonds. The summed E-state index contributed by atoms with van der Waals surface area (Å²) in [4.78, 5) is 14.6. The molecule has 0 saturated carbocycles. The molecule has 112 valence electrons. The molecule has 0 aromatic carbocycles. The maximum atomic E-state index is 12.2. The predicted octanol–water partition coefficient (Wildman–Crippen LogP) is 3.51. The van der Waals surface area contributed by atoms with Crippen molar-refractivity contribution in [3.05, 3.63) is 44.0 Å². The number of nitrogens with zero attached hydrogens (tertiary/aromatic N) is 1. The normalized spacial score (nSPS) is 17.0. The van der Waals surface area contributed by atoms with Crippen LogP contribution in [0.25, 0.3) is 0 Å². The standard InChI is InChI=1S/C15H17IN2O2S/c16-14-8-11(10-21-14)15(19)17-9-12(13-4-3-7-20-13)18-5-1-2-6-18/h3-4,7-8,10,12H,1-2,5-6,9H2,(H,17,19). The van der Waals surface area contributed by atoms with E-state index in [0.29, 0.717) is 6.54 Å². The zero-order valence-electron chi connectivity index (χ0n) is 11.5. The minimum atomic E-state index is -0.00933. The van der Waals surface area contributed by atoms with Gasteiger partial charge in [0.05, 0.1) is 20.8 Å². The van der Waals surface area contributed by atoms with Crippen LogP contribution in [0.5, 0.6) is 0 Å². The molecular formula is C15H17IN2O2S. The van der Waals surface area contributed by atoms with Crippen molar-refractivity contribution < 1.29 is 9.21 Å². The van der Waals surface area contributed by atoms with Gasteiger partial charge in [-0.1, -0.05) is 0 Å². The van der Waals surface area contributed by atoms with Gasteiger partial charge in [-0.3, -0.25) is 9.69 Å². The second-order valence-corrected chi connectivity index (χ2v) is 7.93. The lowest BCUT2D eigenvalue weighted by Gasteiger charge is -2.25. The molecule has 0 spiro atoms. The highest BCUT2D eigenvalue weighted by Gasteiger charge is 2.26. The van der Waals surface area contributed by atoms with Gasteiger partial charge in [0.1, 0.15) is 5.76 Å². The molecule has 1 fully saturated rings. The van der Waals surface area contributed by atoms with E-state index >= 15 is 0 Å². The Kier molecular flexibility index (Phi) is 4.97. The number of hydrogen-bond acceptors (Lipinski definition) is 4. The van der Waals surface area contributed by atoms with Crippen LogP contribution in [0.2, 0.25) is 0 Å². The highest BCUT2D eigenvalue weighted by atomic mass is 127. The van der Waals surface area contributed by atoms with Crippen LogP contribution in [0.1, 0.15) is 35.0 Å². The van der Waals surface area contributed by atoms with Gasteiger partial charge in [-0.15, -0.1) is 11.3 Å². The molecule has 1 saturated heterocycles. The molecule has 21 heavy (non-hydrogen) atoms. The van der Waals surface area contributed by atoms with Crippen molar-refractivity contribution in [2.45, 2.75) is 18.9 Å². The van der Waals surface area contributed by atoms with Gasteiger partial charge in [-0.25, -0.2) is 0 Å². The van der Waals surface area contributed by atoms with Gasteiger partial charge in [0, 0.05) is 11.9 Å². The molecular weight excluding hydrogens is 399 g/mol. The van der Waals surface area contributed by atoms with Crippen molar-refractivity contribution in [2.24, 2.45) is 0 Å². The quantitative estimate of drug-likeness (QED) is 0.759. The lowest BCUT2D eigenvalue weighted by atomic mass is 10.2. The SMILES string of the molecule is O=C(NCC(c1ccco1)N1CCCC1)c1csc(I)c1. The van der Waals surface area contributed by atoms with E-state index in [2.05, 4.69) is 32.8 Å². The van der Waals surface area contributed by atoms with Gasteiger partial charge < -0.3 is 9.73 Å². The number of hydrogen-bond donors (Lipinski definition) is 1. The van der Waals surface area contributed by atoms with E-state index in [9.17, 15) is 4.79 Å². The van der Waals surface area contributed by atoms with E-state index in [1.54, 1.807) is 17.6 Å².